The lowest BCUT2D eigenvalue weighted by atomic mass is 10.1. The molecule has 4 N–H and O–H groups in total. The first kappa shape index (κ1) is 12.6. The number of hydrogen-bond acceptors (Lipinski definition) is 4. The minimum atomic E-state index is -0.226. The molecule has 18 heavy (non-hydrogen) atoms. The van der Waals surface area contributed by atoms with E-state index in [0.717, 1.165) is 24.2 Å². The Balaban J connectivity index is 0.00000120. The van der Waals surface area contributed by atoms with E-state index in [1.54, 1.807) is 12.3 Å². The molecule has 0 spiro atoms. The van der Waals surface area contributed by atoms with Crippen molar-refractivity contribution >= 4 is 24.1 Å². The van der Waals surface area contributed by atoms with Crippen molar-refractivity contribution in [2.24, 2.45) is 0 Å². The number of halogens is 1. The van der Waals surface area contributed by atoms with Gasteiger partial charge in [0.25, 0.3) is 5.91 Å². The van der Waals surface area contributed by atoms with Crippen LogP contribution >= 0.6 is 12.4 Å². The summed E-state index contributed by atoms with van der Waals surface area (Å²) in [6.45, 7) is 1.59. The summed E-state index contributed by atoms with van der Waals surface area (Å²) in [6, 6.07) is 1.69. The molecule has 0 atom stereocenters. The second-order valence-corrected chi connectivity index (χ2v) is 3.88. The maximum atomic E-state index is 12.0. The van der Waals surface area contributed by atoms with E-state index in [9.17, 15) is 4.79 Å². The lowest BCUT2D eigenvalue weighted by molar-refractivity contribution is 0.102. The summed E-state index contributed by atoms with van der Waals surface area (Å²) in [4.78, 5) is 12.0. The molecule has 1 aliphatic rings. The number of carbonyl (C=O) groups is 1. The molecule has 2 aromatic heterocycles. The molecule has 0 aliphatic carbocycles. The van der Waals surface area contributed by atoms with E-state index in [2.05, 4.69) is 31.0 Å². The molecule has 0 fully saturated rings. The summed E-state index contributed by atoms with van der Waals surface area (Å²) >= 11 is 0. The number of aromatic amines is 2. The van der Waals surface area contributed by atoms with Crippen LogP contribution in [0.4, 0.5) is 5.82 Å². The molecule has 96 valence electrons. The molecule has 0 bridgehead atoms. The number of H-pyrrole nitrogens is 2. The monoisotopic (exact) mass is 268 g/mol. The minimum Gasteiger partial charge on any atom is -0.312 e. The first-order valence-electron chi connectivity index (χ1n) is 5.42. The van der Waals surface area contributed by atoms with Crippen molar-refractivity contribution < 1.29 is 4.79 Å². The van der Waals surface area contributed by atoms with E-state index in [-0.39, 0.29) is 18.3 Å². The molecule has 7 nitrogen and oxygen atoms in total. The van der Waals surface area contributed by atoms with Crippen molar-refractivity contribution in [2.45, 2.75) is 13.0 Å². The Kier molecular flexibility index (Phi) is 3.63. The maximum absolute atomic E-state index is 12.0. The van der Waals surface area contributed by atoms with Crippen LogP contribution in [0, 0.1) is 0 Å². The van der Waals surface area contributed by atoms with Gasteiger partial charge in [0, 0.05) is 36.8 Å². The maximum Gasteiger partial charge on any atom is 0.277 e. The van der Waals surface area contributed by atoms with Gasteiger partial charge in [-0.1, -0.05) is 0 Å². The Bertz CT molecular complexity index is 535. The van der Waals surface area contributed by atoms with Gasteiger partial charge >= 0.3 is 0 Å². The molecular weight excluding hydrogens is 256 g/mol. The van der Waals surface area contributed by atoms with Crippen molar-refractivity contribution in [3.63, 3.8) is 0 Å². The van der Waals surface area contributed by atoms with Crippen molar-refractivity contribution in [3.05, 3.63) is 29.2 Å². The largest absolute Gasteiger partial charge is 0.312 e. The van der Waals surface area contributed by atoms with Gasteiger partial charge in [0.15, 0.2) is 5.69 Å². The predicted octanol–water partition coefficient (Wildman–Crippen LogP) is 0.453. The van der Waals surface area contributed by atoms with Crippen LogP contribution in [-0.2, 0) is 13.0 Å². The van der Waals surface area contributed by atoms with Gasteiger partial charge < -0.3 is 10.6 Å². The third kappa shape index (κ3) is 2.22. The number of aromatic nitrogens is 4. The van der Waals surface area contributed by atoms with Crippen LogP contribution in [0.25, 0.3) is 0 Å². The summed E-state index contributed by atoms with van der Waals surface area (Å²) < 4.78 is 0. The lowest BCUT2D eigenvalue weighted by Gasteiger charge is -2.12. The summed E-state index contributed by atoms with van der Waals surface area (Å²) in [6.07, 6.45) is 2.46. The zero-order chi connectivity index (χ0) is 11.7. The standard InChI is InChI=1S/C10H12N6O.ClH/c17-10(13-8-2-4-12-15-8)9-6-5-11-3-1-7(6)14-16-9;/h2,4,11H,1,3,5H2,(H,14,16)(H2,12,13,15,17);1H. The van der Waals surface area contributed by atoms with Crippen LogP contribution in [-0.4, -0.2) is 32.8 Å². The first-order valence-corrected chi connectivity index (χ1v) is 5.42. The molecule has 3 rings (SSSR count). The van der Waals surface area contributed by atoms with Crippen LogP contribution in [0.5, 0.6) is 0 Å². The van der Waals surface area contributed by atoms with Crippen molar-refractivity contribution in [2.75, 3.05) is 11.9 Å². The average molecular weight is 269 g/mol. The van der Waals surface area contributed by atoms with Crippen LogP contribution in [0.2, 0.25) is 0 Å². The zero-order valence-electron chi connectivity index (χ0n) is 9.49. The highest BCUT2D eigenvalue weighted by atomic mass is 35.5. The predicted molar refractivity (Wildman–Crippen MR) is 67.8 cm³/mol. The van der Waals surface area contributed by atoms with Crippen LogP contribution in [0.3, 0.4) is 0 Å². The quantitative estimate of drug-likeness (QED) is 0.636. The number of nitrogens with zero attached hydrogens (tertiary/aromatic N) is 2. The highest BCUT2D eigenvalue weighted by Gasteiger charge is 2.21. The smallest absolute Gasteiger partial charge is 0.277 e. The Labute approximate surface area is 109 Å². The number of hydrogen-bond donors (Lipinski definition) is 4. The van der Waals surface area contributed by atoms with E-state index in [1.165, 1.54) is 0 Å². The molecule has 0 unspecified atom stereocenters. The highest BCUT2D eigenvalue weighted by Crippen LogP contribution is 2.16. The summed E-state index contributed by atoms with van der Waals surface area (Å²) in [7, 11) is 0. The molecule has 0 radical (unpaired) electrons. The van der Waals surface area contributed by atoms with Gasteiger partial charge in [0.2, 0.25) is 0 Å². The summed E-state index contributed by atoms with van der Waals surface area (Å²) in [5.74, 6) is 0.339. The third-order valence-electron chi connectivity index (χ3n) is 2.77. The molecule has 2 aromatic rings. The summed E-state index contributed by atoms with van der Waals surface area (Å²) in [5.41, 5.74) is 2.44. The van der Waals surface area contributed by atoms with Crippen molar-refractivity contribution in [3.8, 4) is 0 Å². The lowest BCUT2D eigenvalue weighted by Crippen LogP contribution is -2.25. The van der Waals surface area contributed by atoms with Crippen molar-refractivity contribution in [1.29, 1.82) is 0 Å². The van der Waals surface area contributed by atoms with Gasteiger partial charge in [-0.15, -0.1) is 12.4 Å². The fourth-order valence-electron chi connectivity index (χ4n) is 1.92. The Morgan fingerprint density at radius 1 is 1.39 bits per heavy atom. The Hall–Kier alpha value is -1.86. The second kappa shape index (κ2) is 5.19. The van der Waals surface area contributed by atoms with Gasteiger partial charge in [-0.25, -0.2) is 0 Å². The minimum absolute atomic E-state index is 0. The van der Waals surface area contributed by atoms with Crippen LogP contribution in [0.1, 0.15) is 21.7 Å². The molecule has 0 aromatic carbocycles. The Morgan fingerprint density at radius 2 is 2.28 bits per heavy atom. The van der Waals surface area contributed by atoms with Gasteiger partial charge in [-0.3, -0.25) is 15.0 Å². The zero-order valence-corrected chi connectivity index (χ0v) is 10.3. The van der Waals surface area contributed by atoms with E-state index >= 15 is 0 Å². The van der Waals surface area contributed by atoms with E-state index in [1.807, 2.05) is 0 Å². The molecule has 0 saturated heterocycles. The number of fused-ring (bicyclic) bond motifs is 1. The van der Waals surface area contributed by atoms with Crippen molar-refractivity contribution in [1.82, 2.24) is 25.7 Å². The van der Waals surface area contributed by atoms with E-state index < -0.39 is 0 Å². The molecule has 0 saturated carbocycles. The molecule has 8 heteroatoms. The third-order valence-corrected chi connectivity index (χ3v) is 2.77. The van der Waals surface area contributed by atoms with E-state index in [0.29, 0.717) is 18.1 Å². The number of rotatable bonds is 2. The Morgan fingerprint density at radius 3 is 3.06 bits per heavy atom. The van der Waals surface area contributed by atoms with Crippen LogP contribution in [0.15, 0.2) is 12.3 Å². The molecule has 1 amide bonds. The van der Waals surface area contributed by atoms with Gasteiger partial charge in [0.1, 0.15) is 5.82 Å². The number of amides is 1. The summed E-state index contributed by atoms with van der Waals surface area (Å²) in [5, 5.41) is 19.3. The topological polar surface area (TPSA) is 98.5 Å². The second-order valence-electron chi connectivity index (χ2n) is 3.88. The van der Waals surface area contributed by atoms with Gasteiger partial charge in [-0.2, -0.15) is 10.2 Å². The normalized spacial score (nSPS) is 13.6. The fraction of sp³-hybridized carbons (Fsp3) is 0.300. The SMILES string of the molecule is Cl.O=C(Nc1ccn[nH]1)c1n[nH]c2c1CNCC2. The molecule has 1 aliphatic heterocycles. The fourth-order valence-corrected chi connectivity index (χ4v) is 1.92. The number of anilines is 1. The van der Waals surface area contributed by atoms with Gasteiger partial charge in [-0.05, 0) is 0 Å². The van der Waals surface area contributed by atoms with Crippen LogP contribution < -0.4 is 10.6 Å². The first-order chi connectivity index (χ1) is 8.34. The molecule has 3 heterocycles. The molecular formula is C10H13ClN6O. The average Bonchev–Trinajstić information content (AvgIpc) is 2.96. The van der Waals surface area contributed by atoms with E-state index in [4.69, 9.17) is 0 Å². The van der Waals surface area contributed by atoms with Gasteiger partial charge in [0.05, 0.1) is 6.20 Å². The number of carbonyl (C=O) groups excluding carboxylic acids is 1. The number of nitrogens with one attached hydrogen (secondary N) is 4. The highest BCUT2D eigenvalue weighted by molar-refractivity contribution is 6.03.